The molecule has 1 aliphatic heterocycles. The van der Waals surface area contributed by atoms with Crippen molar-refractivity contribution >= 4 is 17.7 Å². The molecule has 6 heteroatoms. The van der Waals surface area contributed by atoms with Crippen molar-refractivity contribution in [2.45, 2.75) is 58.3 Å². The topological polar surface area (TPSA) is 76.8 Å². The molecule has 2 heterocycles. The van der Waals surface area contributed by atoms with E-state index in [2.05, 4.69) is 12.1 Å². The third-order valence-corrected chi connectivity index (χ3v) is 6.72. The molecular formula is C26H31NO5. The molecule has 0 radical (unpaired) electrons. The highest BCUT2D eigenvalue weighted by molar-refractivity contribution is 6.09. The number of hydrogen-bond acceptors (Lipinski definition) is 5. The summed E-state index contributed by atoms with van der Waals surface area (Å²) in [6.07, 6.45) is 7.10. The molecule has 1 fully saturated rings. The van der Waals surface area contributed by atoms with Gasteiger partial charge < -0.3 is 14.1 Å². The van der Waals surface area contributed by atoms with Crippen molar-refractivity contribution in [2.24, 2.45) is 5.41 Å². The Balaban J connectivity index is 1.52. The molecule has 1 amide bonds. The van der Waals surface area contributed by atoms with Gasteiger partial charge in [0.25, 0.3) is 5.91 Å². The second kappa shape index (κ2) is 9.72. The minimum absolute atomic E-state index is 0.0279. The molecule has 0 bridgehead atoms. The number of ether oxygens (including phenoxy) is 1. The molecule has 0 spiro atoms. The van der Waals surface area contributed by atoms with Gasteiger partial charge in [0.15, 0.2) is 5.78 Å². The van der Waals surface area contributed by atoms with Gasteiger partial charge >= 0.3 is 5.97 Å². The lowest BCUT2D eigenvalue weighted by atomic mass is 9.75. The zero-order valence-corrected chi connectivity index (χ0v) is 18.7. The molecule has 1 aromatic carbocycles. The van der Waals surface area contributed by atoms with Crippen molar-refractivity contribution in [3.05, 3.63) is 59.0 Å². The van der Waals surface area contributed by atoms with Gasteiger partial charge in [-0.1, -0.05) is 30.3 Å². The quantitative estimate of drug-likeness (QED) is 0.592. The Morgan fingerprint density at radius 1 is 1.16 bits per heavy atom. The van der Waals surface area contributed by atoms with E-state index in [-0.39, 0.29) is 17.7 Å². The molecule has 0 N–H and O–H groups in total. The number of carbonyl (C=O) groups is 3. The average molecular weight is 438 g/mol. The van der Waals surface area contributed by atoms with Crippen LogP contribution in [0.5, 0.6) is 0 Å². The Labute approximate surface area is 188 Å². The molecule has 6 nitrogen and oxygen atoms in total. The van der Waals surface area contributed by atoms with Crippen molar-refractivity contribution in [3.8, 4) is 0 Å². The van der Waals surface area contributed by atoms with Crippen LogP contribution in [0.2, 0.25) is 0 Å². The molecule has 1 saturated heterocycles. The first-order chi connectivity index (χ1) is 15.5. The summed E-state index contributed by atoms with van der Waals surface area (Å²) in [5.74, 6) is 0.138. The van der Waals surface area contributed by atoms with Crippen molar-refractivity contribution in [2.75, 3.05) is 19.7 Å². The molecule has 2 aliphatic rings. The number of hydrogen-bond donors (Lipinski definition) is 0. The molecule has 1 atom stereocenters. The maximum Gasteiger partial charge on any atom is 0.313 e. The van der Waals surface area contributed by atoms with Gasteiger partial charge in [-0.15, -0.1) is 0 Å². The summed E-state index contributed by atoms with van der Waals surface area (Å²) in [4.78, 5) is 40.6. The zero-order valence-electron chi connectivity index (χ0n) is 18.7. The molecular weight excluding hydrogens is 406 g/mol. The minimum atomic E-state index is -0.716. The fourth-order valence-corrected chi connectivity index (χ4v) is 5.09. The summed E-state index contributed by atoms with van der Waals surface area (Å²) in [6, 6.07) is 10.2. The molecule has 170 valence electrons. The summed E-state index contributed by atoms with van der Waals surface area (Å²) in [6.45, 7) is 3.00. The maximum absolute atomic E-state index is 13.4. The van der Waals surface area contributed by atoms with Crippen LogP contribution in [-0.4, -0.2) is 42.3 Å². The number of Topliss-reactive ketones (excluding diaryl/α,β-unsaturated/α-hetero) is 1. The largest absolute Gasteiger partial charge is 0.468 e. The number of esters is 1. The first-order valence-electron chi connectivity index (χ1n) is 11.7. The number of aryl methyl sites for hydroxylation is 2. The lowest BCUT2D eigenvalue weighted by Crippen LogP contribution is -2.50. The number of fused-ring (bicyclic) bond motifs is 1. The fraction of sp³-hybridized carbons (Fsp3) is 0.500. The first kappa shape index (κ1) is 22.3. The van der Waals surface area contributed by atoms with E-state index >= 15 is 0 Å². The van der Waals surface area contributed by atoms with E-state index in [9.17, 15) is 14.4 Å². The number of rotatable bonds is 7. The number of carbonyl (C=O) groups excluding carboxylic acids is 3. The van der Waals surface area contributed by atoms with E-state index in [4.69, 9.17) is 9.15 Å². The van der Waals surface area contributed by atoms with Gasteiger partial charge in [0.2, 0.25) is 0 Å². The van der Waals surface area contributed by atoms with E-state index in [0.29, 0.717) is 62.3 Å². The van der Waals surface area contributed by atoms with Crippen LogP contribution in [0.1, 0.15) is 77.5 Å². The number of benzene rings is 1. The second-order valence-electron chi connectivity index (χ2n) is 8.89. The summed E-state index contributed by atoms with van der Waals surface area (Å²) in [7, 11) is 0. The first-order valence-corrected chi connectivity index (χ1v) is 11.7. The smallest absolute Gasteiger partial charge is 0.313 e. The molecule has 2 aromatic rings. The Kier molecular flexibility index (Phi) is 6.77. The minimum Gasteiger partial charge on any atom is -0.468 e. The van der Waals surface area contributed by atoms with Crippen molar-refractivity contribution < 1.29 is 23.5 Å². The molecule has 0 unspecified atom stereocenters. The van der Waals surface area contributed by atoms with Crippen LogP contribution < -0.4 is 0 Å². The standard InChI is InChI=1S/C26H31NO5/c1-2-31-25(30)26(14-7-11-19-9-4-3-5-10-19)15-8-16-27(18-26)24(29)20-17-32-22-13-6-12-21(28)23(20)22/h3-5,9-10,17H,2,6-8,11-16,18H2,1H3/t26-/m1/s1. The molecule has 32 heavy (non-hydrogen) atoms. The van der Waals surface area contributed by atoms with Gasteiger partial charge in [-0.25, -0.2) is 0 Å². The number of amides is 1. The van der Waals surface area contributed by atoms with E-state index in [1.165, 1.54) is 11.8 Å². The average Bonchev–Trinajstić information content (AvgIpc) is 3.25. The Morgan fingerprint density at radius 3 is 2.75 bits per heavy atom. The van der Waals surface area contributed by atoms with Crippen molar-refractivity contribution in [1.29, 1.82) is 0 Å². The van der Waals surface area contributed by atoms with E-state index < -0.39 is 5.41 Å². The lowest BCUT2D eigenvalue weighted by molar-refractivity contribution is -0.159. The van der Waals surface area contributed by atoms with Gasteiger partial charge in [0, 0.05) is 25.9 Å². The number of nitrogens with zero attached hydrogens (tertiary/aromatic N) is 1. The second-order valence-corrected chi connectivity index (χ2v) is 8.89. The van der Waals surface area contributed by atoms with Gasteiger partial charge in [-0.2, -0.15) is 0 Å². The fourth-order valence-electron chi connectivity index (χ4n) is 5.09. The van der Waals surface area contributed by atoms with Gasteiger partial charge in [-0.05, 0) is 51.0 Å². The zero-order chi connectivity index (χ0) is 22.6. The SMILES string of the molecule is CCOC(=O)[C@]1(CCCc2ccccc2)CCCN(C(=O)c2coc3c2C(=O)CCC3)C1. The third-order valence-electron chi connectivity index (χ3n) is 6.72. The summed E-state index contributed by atoms with van der Waals surface area (Å²) in [5.41, 5.74) is 1.30. The van der Waals surface area contributed by atoms with Crippen LogP contribution in [-0.2, 0) is 22.4 Å². The van der Waals surface area contributed by atoms with Crippen LogP contribution in [0.15, 0.2) is 41.0 Å². The van der Waals surface area contributed by atoms with Crippen LogP contribution in [0.4, 0.5) is 0 Å². The Hall–Kier alpha value is -2.89. The summed E-state index contributed by atoms with van der Waals surface area (Å²) >= 11 is 0. The van der Waals surface area contributed by atoms with E-state index in [0.717, 1.165) is 25.7 Å². The van der Waals surface area contributed by atoms with Crippen LogP contribution >= 0.6 is 0 Å². The third kappa shape index (κ3) is 4.50. The molecule has 1 aliphatic carbocycles. The monoisotopic (exact) mass is 437 g/mol. The molecule has 4 rings (SSSR count). The van der Waals surface area contributed by atoms with Crippen LogP contribution in [0, 0.1) is 5.41 Å². The van der Waals surface area contributed by atoms with Crippen LogP contribution in [0.25, 0.3) is 0 Å². The number of likely N-dealkylation sites (tertiary alicyclic amines) is 1. The maximum atomic E-state index is 13.4. The van der Waals surface area contributed by atoms with E-state index in [1.54, 1.807) is 4.90 Å². The highest BCUT2D eigenvalue weighted by atomic mass is 16.5. The van der Waals surface area contributed by atoms with Gasteiger partial charge in [-0.3, -0.25) is 14.4 Å². The molecule has 0 saturated carbocycles. The molecule has 1 aromatic heterocycles. The summed E-state index contributed by atoms with van der Waals surface area (Å²) < 4.78 is 11.0. The van der Waals surface area contributed by atoms with Gasteiger partial charge in [0.05, 0.1) is 23.1 Å². The normalized spacial score (nSPS) is 20.7. The highest BCUT2D eigenvalue weighted by Gasteiger charge is 2.45. The predicted octanol–water partition coefficient (Wildman–Crippen LogP) is 4.61. The number of piperidine rings is 1. The van der Waals surface area contributed by atoms with Crippen LogP contribution in [0.3, 0.4) is 0 Å². The predicted molar refractivity (Wildman–Crippen MR) is 120 cm³/mol. The van der Waals surface area contributed by atoms with Crippen molar-refractivity contribution in [1.82, 2.24) is 4.90 Å². The number of ketones is 1. The summed E-state index contributed by atoms with van der Waals surface area (Å²) in [5, 5.41) is 0. The Bertz CT molecular complexity index is 979. The highest BCUT2D eigenvalue weighted by Crippen LogP contribution is 2.38. The van der Waals surface area contributed by atoms with Gasteiger partial charge in [0.1, 0.15) is 12.0 Å². The Morgan fingerprint density at radius 2 is 1.97 bits per heavy atom. The lowest BCUT2D eigenvalue weighted by Gasteiger charge is -2.41. The van der Waals surface area contributed by atoms with Crippen molar-refractivity contribution in [3.63, 3.8) is 0 Å². The van der Waals surface area contributed by atoms with E-state index in [1.807, 2.05) is 25.1 Å². The number of furan rings is 1.